The molecule has 0 fully saturated rings. The fourth-order valence-electron chi connectivity index (χ4n) is 1.87. The summed E-state index contributed by atoms with van der Waals surface area (Å²) in [6, 6.07) is 7.60. The number of imidazole rings is 1. The van der Waals surface area contributed by atoms with Gasteiger partial charge in [-0.15, -0.1) is 0 Å². The molecule has 78 valence electrons. The van der Waals surface area contributed by atoms with Crippen molar-refractivity contribution in [2.24, 2.45) is 0 Å². The van der Waals surface area contributed by atoms with Gasteiger partial charge in [0.2, 0.25) is 0 Å². The molecular formula is C12H7ClN2O. The number of nitrogens with zero attached hydrogens (tertiary/aromatic N) is 2. The number of carbonyl (C=O) groups is 1. The van der Waals surface area contributed by atoms with Crippen molar-refractivity contribution in [1.29, 1.82) is 0 Å². The first-order valence-electron chi connectivity index (χ1n) is 4.81. The minimum absolute atomic E-state index is 0.525. The van der Waals surface area contributed by atoms with Crippen LogP contribution in [-0.4, -0.2) is 15.7 Å². The Labute approximate surface area is 96.3 Å². The SMILES string of the molecule is O=Cc1cnc2c3c(Cl)cccc3ccn12. The van der Waals surface area contributed by atoms with E-state index in [0.29, 0.717) is 16.4 Å². The average Bonchev–Trinajstić information content (AvgIpc) is 2.72. The number of pyridine rings is 1. The van der Waals surface area contributed by atoms with Gasteiger partial charge in [0.15, 0.2) is 6.29 Å². The van der Waals surface area contributed by atoms with Crippen LogP contribution in [0.15, 0.2) is 36.7 Å². The summed E-state index contributed by atoms with van der Waals surface area (Å²) in [5.41, 5.74) is 1.24. The molecule has 2 heterocycles. The van der Waals surface area contributed by atoms with Crippen LogP contribution in [0.4, 0.5) is 0 Å². The minimum Gasteiger partial charge on any atom is -0.297 e. The molecule has 0 bridgehead atoms. The van der Waals surface area contributed by atoms with E-state index in [1.54, 1.807) is 10.6 Å². The first-order chi connectivity index (χ1) is 7.81. The van der Waals surface area contributed by atoms with Crippen LogP contribution in [-0.2, 0) is 0 Å². The third-order valence-electron chi connectivity index (χ3n) is 2.62. The highest BCUT2D eigenvalue weighted by atomic mass is 35.5. The molecule has 0 saturated carbocycles. The van der Waals surface area contributed by atoms with E-state index in [0.717, 1.165) is 17.1 Å². The number of halogens is 1. The van der Waals surface area contributed by atoms with Crippen LogP contribution in [0.5, 0.6) is 0 Å². The third kappa shape index (κ3) is 1.15. The lowest BCUT2D eigenvalue weighted by atomic mass is 10.2. The predicted molar refractivity (Wildman–Crippen MR) is 63.1 cm³/mol. The molecule has 4 heteroatoms. The van der Waals surface area contributed by atoms with Gasteiger partial charge in [0.05, 0.1) is 11.2 Å². The Morgan fingerprint density at radius 2 is 2.19 bits per heavy atom. The third-order valence-corrected chi connectivity index (χ3v) is 2.93. The van der Waals surface area contributed by atoms with Gasteiger partial charge >= 0.3 is 0 Å². The minimum atomic E-state index is 0.525. The maximum Gasteiger partial charge on any atom is 0.168 e. The highest BCUT2D eigenvalue weighted by molar-refractivity contribution is 6.36. The van der Waals surface area contributed by atoms with Crippen molar-refractivity contribution in [3.63, 3.8) is 0 Å². The first-order valence-corrected chi connectivity index (χ1v) is 5.18. The molecule has 0 aliphatic rings. The second kappa shape index (κ2) is 3.32. The van der Waals surface area contributed by atoms with E-state index in [1.165, 1.54) is 0 Å². The highest BCUT2D eigenvalue weighted by Crippen LogP contribution is 2.27. The molecule has 3 rings (SSSR count). The molecule has 0 aliphatic heterocycles. The Kier molecular flexibility index (Phi) is 1.94. The topological polar surface area (TPSA) is 34.4 Å². The van der Waals surface area contributed by atoms with E-state index in [-0.39, 0.29) is 0 Å². The molecular weight excluding hydrogens is 224 g/mol. The van der Waals surface area contributed by atoms with Crippen LogP contribution < -0.4 is 0 Å². The largest absolute Gasteiger partial charge is 0.297 e. The lowest BCUT2D eigenvalue weighted by molar-refractivity contribution is 0.111. The molecule has 0 atom stereocenters. The Hall–Kier alpha value is -1.87. The predicted octanol–water partition coefficient (Wildman–Crippen LogP) is 2.95. The van der Waals surface area contributed by atoms with Crippen molar-refractivity contribution in [1.82, 2.24) is 9.38 Å². The quantitative estimate of drug-likeness (QED) is 0.603. The van der Waals surface area contributed by atoms with Crippen molar-refractivity contribution < 1.29 is 4.79 Å². The standard InChI is InChI=1S/C12H7ClN2O/c13-10-3-1-2-8-4-5-15-9(7-16)6-14-12(15)11(8)10/h1-7H. The average molecular weight is 231 g/mol. The van der Waals surface area contributed by atoms with E-state index in [9.17, 15) is 4.79 Å². The van der Waals surface area contributed by atoms with Gasteiger partial charge in [0, 0.05) is 11.6 Å². The van der Waals surface area contributed by atoms with Crippen molar-refractivity contribution >= 4 is 34.3 Å². The second-order valence-electron chi connectivity index (χ2n) is 3.51. The molecule has 0 saturated heterocycles. The van der Waals surface area contributed by atoms with Gasteiger partial charge < -0.3 is 0 Å². The molecule has 3 aromatic rings. The molecule has 0 amide bonds. The summed E-state index contributed by atoms with van der Waals surface area (Å²) in [5, 5.41) is 2.54. The smallest absolute Gasteiger partial charge is 0.168 e. The normalized spacial score (nSPS) is 11.1. The number of hydrogen-bond donors (Lipinski definition) is 0. The number of rotatable bonds is 1. The summed E-state index contributed by atoms with van der Waals surface area (Å²) in [5.74, 6) is 0. The van der Waals surface area contributed by atoms with Gasteiger partial charge in [-0.2, -0.15) is 0 Å². The van der Waals surface area contributed by atoms with E-state index in [2.05, 4.69) is 4.98 Å². The highest BCUT2D eigenvalue weighted by Gasteiger charge is 2.08. The fraction of sp³-hybridized carbons (Fsp3) is 0. The van der Waals surface area contributed by atoms with Gasteiger partial charge in [0.25, 0.3) is 0 Å². The Bertz CT molecular complexity index is 703. The van der Waals surface area contributed by atoms with Crippen molar-refractivity contribution in [2.75, 3.05) is 0 Å². The van der Waals surface area contributed by atoms with Gasteiger partial charge in [-0.3, -0.25) is 9.20 Å². The number of carbonyl (C=O) groups excluding carboxylic acids is 1. The number of fused-ring (bicyclic) bond motifs is 3. The summed E-state index contributed by atoms with van der Waals surface area (Å²) in [7, 11) is 0. The van der Waals surface area contributed by atoms with Crippen molar-refractivity contribution in [3.05, 3.63) is 47.4 Å². The maximum atomic E-state index is 10.8. The van der Waals surface area contributed by atoms with Crippen LogP contribution in [0.3, 0.4) is 0 Å². The van der Waals surface area contributed by atoms with Crippen LogP contribution in [0.2, 0.25) is 5.02 Å². The maximum absolute atomic E-state index is 10.8. The Morgan fingerprint density at radius 3 is 3.00 bits per heavy atom. The zero-order valence-electron chi connectivity index (χ0n) is 8.22. The summed E-state index contributed by atoms with van der Waals surface area (Å²) in [4.78, 5) is 15.0. The van der Waals surface area contributed by atoms with E-state index < -0.39 is 0 Å². The van der Waals surface area contributed by atoms with Gasteiger partial charge in [-0.25, -0.2) is 4.98 Å². The number of aldehydes is 1. The molecule has 1 aromatic carbocycles. The number of benzene rings is 1. The Morgan fingerprint density at radius 1 is 1.31 bits per heavy atom. The Balaban J connectivity index is 2.59. The van der Waals surface area contributed by atoms with E-state index in [1.807, 2.05) is 30.5 Å². The molecule has 0 radical (unpaired) electrons. The first kappa shape index (κ1) is 9.36. The zero-order chi connectivity index (χ0) is 11.1. The molecule has 0 aliphatic carbocycles. The molecule has 3 nitrogen and oxygen atoms in total. The molecule has 0 unspecified atom stereocenters. The summed E-state index contributed by atoms with van der Waals surface area (Å²) in [6.45, 7) is 0. The number of aromatic nitrogens is 2. The fourth-order valence-corrected chi connectivity index (χ4v) is 2.14. The molecule has 2 aromatic heterocycles. The second-order valence-corrected chi connectivity index (χ2v) is 3.92. The summed E-state index contributed by atoms with van der Waals surface area (Å²) >= 11 is 6.15. The lowest BCUT2D eigenvalue weighted by Gasteiger charge is -2.02. The van der Waals surface area contributed by atoms with Gasteiger partial charge in [-0.1, -0.05) is 23.7 Å². The lowest BCUT2D eigenvalue weighted by Crippen LogP contribution is -1.91. The number of hydrogen-bond acceptors (Lipinski definition) is 2. The van der Waals surface area contributed by atoms with Crippen LogP contribution in [0.25, 0.3) is 16.4 Å². The molecule has 0 N–H and O–H groups in total. The summed E-state index contributed by atoms with van der Waals surface area (Å²) in [6.07, 6.45) is 4.15. The van der Waals surface area contributed by atoms with Crippen LogP contribution in [0, 0.1) is 0 Å². The molecule has 16 heavy (non-hydrogen) atoms. The van der Waals surface area contributed by atoms with Gasteiger partial charge in [0.1, 0.15) is 11.3 Å². The van der Waals surface area contributed by atoms with E-state index in [4.69, 9.17) is 11.6 Å². The monoisotopic (exact) mass is 230 g/mol. The zero-order valence-corrected chi connectivity index (χ0v) is 8.98. The van der Waals surface area contributed by atoms with Crippen LogP contribution in [0.1, 0.15) is 10.5 Å². The van der Waals surface area contributed by atoms with Crippen molar-refractivity contribution in [2.45, 2.75) is 0 Å². The van der Waals surface area contributed by atoms with Crippen molar-refractivity contribution in [3.8, 4) is 0 Å². The summed E-state index contributed by atoms with van der Waals surface area (Å²) < 4.78 is 1.74. The molecule has 0 spiro atoms. The van der Waals surface area contributed by atoms with Crippen LogP contribution >= 0.6 is 11.6 Å². The van der Waals surface area contributed by atoms with Gasteiger partial charge in [-0.05, 0) is 17.5 Å². The van der Waals surface area contributed by atoms with E-state index >= 15 is 0 Å².